The highest BCUT2D eigenvalue weighted by molar-refractivity contribution is 7.08. The number of thiophene rings is 1. The Morgan fingerprint density at radius 2 is 2.12 bits per heavy atom. The molecule has 2 aromatic rings. The average Bonchev–Trinajstić information content (AvgIpc) is 2.85. The zero-order chi connectivity index (χ0) is 12.1. The van der Waals surface area contributed by atoms with Gasteiger partial charge in [0.2, 0.25) is 0 Å². The first-order valence-corrected chi connectivity index (χ1v) is 7.15. The van der Waals surface area contributed by atoms with Crippen molar-refractivity contribution in [2.75, 3.05) is 6.54 Å². The third-order valence-electron chi connectivity index (χ3n) is 2.69. The van der Waals surface area contributed by atoms with Gasteiger partial charge in [-0.05, 0) is 47.0 Å². The summed E-state index contributed by atoms with van der Waals surface area (Å²) >= 11 is 8.00. The fourth-order valence-electron chi connectivity index (χ4n) is 1.84. The highest BCUT2D eigenvalue weighted by Gasteiger charge is 2.15. The largest absolute Gasteiger partial charge is 0.306 e. The monoisotopic (exact) mass is 265 g/mol. The highest BCUT2D eigenvalue weighted by atomic mass is 35.5. The van der Waals surface area contributed by atoms with Gasteiger partial charge >= 0.3 is 0 Å². The molecule has 2 rings (SSSR count). The summed E-state index contributed by atoms with van der Waals surface area (Å²) in [6, 6.07) is 10.4. The zero-order valence-electron chi connectivity index (χ0n) is 9.82. The van der Waals surface area contributed by atoms with Crippen LogP contribution in [0.1, 0.15) is 30.5 Å². The van der Waals surface area contributed by atoms with Crippen molar-refractivity contribution in [3.63, 3.8) is 0 Å². The Kier molecular flexibility index (Phi) is 4.60. The first-order chi connectivity index (χ1) is 8.33. The molecule has 0 fully saturated rings. The van der Waals surface area contributed by atoms with Gasteiger partial charge in [-0.1, -0.05) is 36.7 Å². The predicted octanol–water partition coefficient (Wildman–Crippen LogP) is 4.49. The maximum atomic E-state index is 6.28. The molecule has 0 aliphatic rings. The Morgan fingerprint density at radius 3 is 2.76 bits per heavy atom. The van der Waals surface area contributed by atoms with Crippen molar-refractivity contribution in [3.05, 3.63) is 57.2 Å². The topological polar surface area (TPSA) is 12.0 Å². The van der Waals surface area contributed by atoms with Crippen LogP contribution in [0.5, 0.6) is 0 Å². The minimum absolute atomic E-state index is 0.204. The Balaban J connectivity index is 2.30. The van der Waals surface area contributed by atoms with Gasteiger partial charge in [-0.2, -0.15) is 11.3 Å². The normalized spacial score (nSPS) is 12.6. The van der Waals surface area contributed by atoms with Crippen LogP contribution in [-0.4, -0.2) is 6.54 Å². The molecule has 3 heteroatoms. The lowest BCUT2D eigenvalue weighted by Crippen LogP contribution is -2.23. The molecular formula is C14H16ClNS. The second kappa shape index (κ2) is 6.20. The first kappa shape index (κ1) is 12.6. The van der Waals surface area contributed by atoms with Crippen LogP contribution in [-0.2, 0) is 0 Å². The summed E-state index contributed by atoms with van der Waals surface area (Å²) in [5.74, 6) is 0. The Bertz CT molecular complexity index is 453. The van der Waals surface area contributed by atoms with Crippen molar-refractivity contribution in [3.8, 4) is 0 Å². The van der Waals surface area contributed by atoms with E-state index in [4.69, 9.17) is 11.6 Å². The summed E-state index contributed by atoms with van der Waals surface area (Å²) in [4.78, 5) is 0. The molecule has 1 aromatic carbocycles. The fourth-order valence-corrected chi connectivity index (χ4v) is 2.78. The molecule has 0 amide bonds. The van der Waals surface area contributed by atoms with Crippen molar-refractivity contribution in [1.29, 1.82) is 0 Å². The Morgan fingerprint density at radius 1 is 1.29 bits per heavy atom. The van der Waals surface area contributed by atoms with Crippen LogP contribution >= 0.6 is 22.9 Å². The maximum absolute atomic E-state index is 6.28. The second-order valence-corrected chi connectivity index (χ2v) is 5.15. The van der Waals surface area contributed by atoms with Gasteiger partial charge in [-0.25, -0.2) is 0 Å². The molecule has 1 N–H and O–H groups in total. The molecular weight excluding hydrogens is 250 g/mol. The number of hydrogen-bond acceptors (Lipinski definition) is 2. The maximum Gasteiger partial charge on any atom is 0.0599 e. The van der Waals surface area contributed by atoms with Gasteiger partial charge in [0.05, 0.1) is 6.04 Å². The minimum Gasteiger partial charge on any atom is -0.306 e. The van der Waals surface area contributed by atoms with Gasteiger partial charge in [-0.3, -0.25) is 0 Å². The lowest BCUT2D eigenvalue weighted by molar-refractivity contribution is 0.600. The summed E-state index contributed by atoms with van der Waals surface area (Å²) in [6.45, 7) is 3.16. The zero-order valence-corrected chi connectivity index (χ0v) is 11.4. The molecule has 1 nitrogen and oxygen atoms in total. The van der Waals surface area contributed by atoms with Crippen LogP contribution in [0, 0.1) is 0 Å². The van der Waals surface area contributed by atoms with Crippen LogP contribution in [0.4, 0.5) is 0 Å². The minimum atomic E-state index is 0.204. The van der Waals surface area contributed by atoms with Gasteiger partial charge in [-0.15, -0.1) is 0 Å². The summed E-state index contributed by atoms with van der Waals surface area (Å²) in [6.07, 6.45) is 1.12. The molecule has 0 bridgehead atoms. The summed E-state index contributed by atoms with van der Waals surface area (Å²) in [5.41, 5.74) is 2.44. The molecule has 0 radical (unpaired) electrons. The van der Waals surface area contributed by atoms with E-state index in [0.29, 0.717) is 0 Å². The van der Waals surface area contributed by atoms with E-state index in [9.17, 15) is 0 Å². The van der Waals surface area contributed by atoms with Crippen LogP contribution in [0.3, 0.4) is 0 Å². The third-order valence-corrected chi connectivity index (χ3v) is 3.74. The van der Waals surface area contributed by atoms with Crippen molar-refractivity contribution >= 4 is 22.9 Å². The third kappa shape index (κ3) is 3.09. The molecule has 90 valence electrons. The number of benzene rings is 1. The molecule has 17 heavy (non-hydrogen) atoms. The molecule has 1 aromatic heterocycles. The van der Waals surface area contributed by atoms with Crippen LogP contribution in [0.2, 0.25) is 5.02 Å². The van der Waals surface area contributed by atoms with Gasteiger partial charge in [0.15, 0.2) is 0 Å². The molecule has 1 unspecified atom stereocenters. The molecule has 0 spiro atoms. The number of nitrogens with one attached hydrogen (secondary N) is 1. The van der Waals surface area contributed by atoms with Crippen LogP contribution < -0.4 is 5.32 Å². The number of hydrogen-bond donors (Lipinski definition) is 1. The second-order valence-electron chi connectivity index (χ2n) is 3.97. The van der Waals surface area contributed by atoms with Gasteiger partial charge in [0, 0.05) is 5.02 Å². The lowest BCUT2D eigenvalue weighted by Gasteiger charge is -2.19. The number of halogens is 1. The van der Waals surface area contributed by atoms with E-state index in [1.807, 2.05) is 18.2 Å². The SMILES string of the molecule is CCCNC(c1ccsc1)c1ccccc1Cl. The smallest absolute Gasteiger partial charge is 0.0599 e. The van der Waals surface area contributed by atoms with Crippen LogP contribution in [0.15, 0.2) is 41.1 Å². The van der Waals surface area contributed by atoms with Crippen molar-refractivity contribution in [1.82, 2.24) is 5.32 Å². The van der Waals surface area contributed by atoms with Gasteiger partial charge < -0.3 is 5.32 Å². The van der Waals surface area contributed by atoms with Crippen molar-refractivity contribution < 1.29 is 0 Å². The van der Waals surface area contributed by atoms with E-state index < -0.39 is 0 Å². The molecule has 0 saturated carbocycles. The molecule has 0 aliphatic carbocycles. The van der Waals surface area contributed by atoms with E-state index in [1.165, 1.54) is 5.56 Å². The Hall–Kier alpha value is -0.830. The quantitative estimate of drug-likeness (QED) is 0.840. The molecule has 1 atom stereocenters. The molecule has 1 heterocycles. The standard InChI is InChI=1S/C14H16ClNS/c1-2-8-16-14(11-7-9-17-10-11)12-5-3-4-6-13(12)15/h3-7,9-10,14,16H,2,8H2,1H3. The van der Waals surface area contributed by atoms with Crippen molar-refractivity contribution in [2.45, 2.75) is 19.4 Å². The van der Waals surface area contributed by atoms with E-state index >= 15 is 0 Å². The van der Waals surface area contributed by atoms with Crippen LogP contribution in [0.25, 0.3) is 0 Å². The van der Waals surface area contributed by atoms with E-state index in [2.05, 4.69) is 35.1 Å². The van der Waals surface area contributed by atoms with Crippen molar-refractivity contribution in [2.24, 2.45) is 0 Å². The summed E-state index contributed by atoms with van der Waals surface area (Å²) in [7, 11) is 0. The molecule has 0 aliphatic heterocycles. The molecule has 0 saturated heterocycles. The van der Waals surface area contributed by atoms with E-state index in [1.54, 1.807) is 11.3 Å². The van der Waals surface area contributed by atoms with E-state index in [0.717, 1.165) is 23.6 Å². The summed E-state index contributed by atoms with van der Waals surface area (Å²) < 4.78 is 0. The highest BCUT2D eigenvalue weighted by Crippen LogP contribution is 2.29. The van der Waals surface area contributed by atoms with Gasteiger partial charge in [0.1, 0.15) is 0 Å². The summed E-state index contributed by atoms with van der Waals surface area (Å²) in [5, 5.41) is 8.66. The average molecular weight is 266 g/mol. The van der Waals surface area contributed by atoms with Gasteiger partial charge in [0.25, 0.3) is 0 Å². The Labute approximate surface area is 111 Å². The predicted molar refractivity (Wildman–Crippen MR) is 75.9 cm³/mol. The fraction of sp³-hybridized carbons (Fsp3) is 0.286. The lowest BCUT2D eigenvalue weighted by atomic mass is 10.0. The number of rotatable bonds is 5. The van der Waals surface area contributed by atoms with E-state index in [-0.39, 0.29) is 6.04 Å². The first-order valence-electron chi connectivity index (χ1n) is 5.83.